The van der Waals surface area contributed by atoms with Gasteiger partial charge in [-0.25, -0.2) is 14.2 Å². The summed E-state index contributed by atoms with van der Waals surface area (Å²) < 4.78 is 14.9. The lowest BCUT2D eigenvalue weighted by molar-refractivity contribution is 0.262. The standard InChI is InChI=1S/C19H14ClFN6OS/c1-11-8-17(27-18(24-11)22-10-23-27)29-14-5-2-12(3-6-14)25-19(28)26-13-4-7-16(21)15(20)9-13/h2-10H,1H3,(H2,25,26,28). The smallest absolute Gasteiger partial charge is 0.308 e. The van der Waals surface area contributed by atoms with Gasteiger partial charge in [-0.05, 0) is 55.5 Å². The van der Waals surface area contributed by atoms with Gasteiger partial charge in [-0.3, -0.25) is 0 Å². The molecule has 0 spiro atoms. The molecule has 0 aliphatic heterocycles. The lowest BCUT2D eigenvalue weighted by Crippen LogP contribution is -2.19. The van der Waals surface area contributed by atoms with Crippen LogP contribution in [0, 0.1) is 12.7 Å². The number of nitrogens with one attached hydrogen (secondary N) is 2. The second kappa shape index (κ2) is 8.06. The Hall–Kier alpha value is -3.17. The first-order valence-corrected chi connectivity index (χ1v) is 9.66. The number of anilines is 2. The molecule has 0 saturated heterocycles. The number of urea groups is 1. The van der Waals surface area contributed by atoms with E-state index in [1.165, 1.54) is 36.3 Å². The number of halogens is 2. The van der Waals surface area contributed by atoms with Crippen LogP contribution < -0.4 is 10.6 Å². The summed E-state index contributed by atoms with van der Waals surface area (Å²) in [6.45, 7) is 1.90. The third-order valence-electron chi connectivity index (χ3n) is 3.86. The van der Waals surface area contributed by atoms with Crippen LogP contribution in [0.3, 0.4) is 0 Å². The number of fused-ring (bicyclic) bond motifs is 1. The Balaban J connectivity index is 1.43. The Morgan fingerprint density at radius 2 is 1.83 bits per heavy atom. The van der Waals surface area contributed by atoms with Gasteiger partial charge in [-0.1, -0.05) is 23.4 Å². The fraction of sp³-hybridized carbons (Fsp3) is 0.0526. The van der Waals surface area contributed by atoms with E-state index in [-0.39, 0.29) is 5.02 Å². The molecule has 0 aliphatic rings. The molecule has 0 radical (unpaired) electrons. The lowest BCUT2D eigenvalue weighted by atomic mass is 10.3. The molecule has 0 aliphatic carbocycles. The highest BCUT2D eigenvalue weighted by atomic mass is 35.5. The second-order valence-electron chi connectivity index (χ2n) is 6.04. The highest BCUT2D eigenvalue weighted by Gasteiger charge is 2.09. The maximum atomic E-state index is 13.2. The molecule has 146 valence electrons. The lowest BCUT2D eigenvalue weighted by Gasteiger charge is -2.09. The number of benzene rings is 2. The minimum atomic E-state index is -0.543. The normalized spacial score (nSPS) is 10.9. The molecule has 4 rings (SSSR count). The van der Waals surface area contributed by atoms with Gasteiger partial charge >= 0.3 is 6.03 Å². The van der Waals surface area contributed by atoms with Crippen molar-refractivity contribution < 1.29 is 9.18 Å². The third kappa shape index (κ3) is 4.47. The quantitative estimate of drug-likeness (QED) is 0.446. The van der Waals surface area contributed by atoms with E-state index >= 15 is 0 Å². The van der Waals surface area contributed by atoms with Gasteiger partial charge in [0.05, 0.1) is 5.02 Å². The number of aryl methyl sites for hydroxylation is 1. The first-order valence-electron chi connectivity index (χ1n) is 8.46. The van der Waals surface area contributed by atoms with Crippen molar-refractivity contribution in [2.45, 2.75) is 16.8 Å². The highest BCUT2D eigenvalue weighted by Crippen LogP contribution is 2.29. The first kappa shape index (κ1) is 19.2. The molecule has 10 heteroatoms. The summed E-state index contributed by atoms with van der Waals surface area (Å²) in [5, 5.41) is 10.3. The Labute approximate surface area is 174 Å². The number of aromatic nitrogens is 4. The number of rotatable bonds is 4. The van der Waals surface area contributed by atoms with Crippen molar-refractivity contribution in [3.63, 3.8) is 0 Å². The molecule has 2 amide bonds. The fourth-order valence-corrected chi connectivity index (χ4v) is 3.70. The van der Waals surface area contributed by atoms with Gasteiger partial charge in [0.15, 0.2) is 0 Å². The maximum absolute atomic E-state index is 13.2. The van der Waals surface area contributed by atoms with E-state index in [0.717, 1.165) is 15.6 Å². The summed E-state index contributed by atoms with van der Waals surface area (Å²) in [7, 11) is 0. The predicted octanol–water partition coefficient (Wildman–Crippen LogP) is 5.02. The Morgan fingerprint density at radius 3 is 2.59 bits per heavy atom. The van der Waals surface area contributed by atoms with Crippen LogP contribution in [0.1, 0.15) is 5.69 Å². The van der Waals surface area contributed by atoms with Crippen molar-refractivity contribution in [1.82, 2.24) is 19.6 Å². The average Bonchev–Trinajstić information content (AvgIpc) is 3.15. The van der Waals surface area contributed by atoms with Crippen molar-refractivity contribution in [1.29, 1.82) is 0 Å². The monoisotopic (exact) mass is 428 g/mol. The summed E-state index contributed by atoms with van der Waals surface area (Å²) in [6, 6.07) is 12.8. The van der Waals surface area contributed by atoms with Crippen molar-refractivity contribution in [3.8, 4) is 0 Å². The molecular weight excluding hydrogens is 415 g/mol. The van der Waals surface area contributed by atoms with E-state index in [2.05, 4.69) is 25.7 Å². The molecule has 0 saturated carbocycles. The van der Waals surface area contributed by atoms with Crippen molar-refractivity contribution in [3.05, 3.63) is 71.4 Å². The van der Waals surface area contributed by atoms with Crippen molar-refractivity contribution in [2.75, 3.05) is 10.6 Å². The van der Waals surface area contributed by atoms with E-state index < -0.39 is 11.8 Å². The fourth-order valence-electron chi connectivity index (χ4n) is 2.56. The maximum Gasteiger partial charge on any atom is 0.323 e. The van der Waals surface area contributed by atoms with Crippen LogP contribution in [0.15, 0.2) is 64.8 Å². The summed E-state index contributed by atoms with van der Waals surface area (Å²) in [5.41, 5.74) is 1.85. The summed E-state index contributed by atoms with van der Waals surface area (Å²) in [5.74, 6) is 0.00151. The Bertz CT molecular complexity index is 1200. The number of amides is 2. The van der Waals surface area contributed by atoms with Crippen molar-refractivity contribution in [2.24, 2.45) is 0 Å². The van der Waals surface area contributed by atoms with Crippen LogP contribution in [0.2, 0.25) is 5.02 Å². The third-order valence-corrected chi connectivity index (χ3v) is 5.16. The Kier molecular flexibility index (Phi) is 5.32. The average molecular weight is 429 g/mol. The van der Waals surface area contributed by atoms with Crippen molar-refractivity contribution >= 4 is 46.5 Å². The van der Waals surface area contributed by atoms with E-state index in [4.69, 9.17) is 11.6 Å². The SMILES string of the molecule is Cc1cc(Sc2ccc(NC(=O)Nc3ccc(F)c(Cl)c3)cc2)n2ncnc2n1. The van der Waals surface area contributed by atoms with Crippen LogP contribution in [0.5, 0.6) is 0 Å². The zero-order chi connectivity index (χ0) is 20.4. The van der Waals surface area contributed by atoms with Crippen LogP contribution >= 0.6 is 23.4 Å². The zero-order valence-electron chi connectivity index (χ0n) is 15.1. The zero-order valence-corrected chi connectivity index (χ0v) is 16.6. The van der Waals surface area contributed by atoms with Gasteiger partial charge in [-0.15, -0.1) is 0 Å². The molecule has 29 heavy (non-hydrogen) atoms. The van der Waals surface area contributed by atoms with Gasteiger partial charge < -0.3 is 10.6 Å². The minimum Gasteiger partial charge on any atom is -0.308 e. The van der Waals surface area contributed by atoms with E-state index in [9.17, 15) is 9.18 Å². The summed E-state index contributed by atoms with van der Waals surface area (Å²) in [6.07, 6.45) is 1.46. The predicted molar refractivity (Wildman–Crippen MR) is 110 cm³/mol. The molecule has 2 N–H and O–H groups in total. The van der Waals surface area contributed by atoms with E-state index in [1.807, 2.05) is 25.1 Å². The summed E-state index contributed by atoms with van der Waals surface area (Å²) >= 11 is 7.23. The molecule has 2 aromatic carbocycles. The molecule has 2 heterocycles. The van der Waals surface area contributed by atoms with Crippen LogP contribution in [0.4, 0.5) is 20.6 Å². The number of carbonyl (C=O) groups excluding carboxylic acids is 1. The first-order chi connectivity index (χ1) is 14.0. The molecule has 0 unspecified atom stereocenters. The molecule has 2 aromatic heterocycles. The molecular formula is C19H14ClFN6OS. The van der Waals surface area contributed by atoms with Gasteiger partial charge in [0, 0.05) is 22.0 Å². The molecule has 4 aromatic rings. The molecule has 0 atom stereocenters. The number of hydrogen-bond donors (Lipinski definition) is 2. The van der Waals surface area contributed by atoms with Crippen LogP contribution in [-0.4, -0.2) is 25.6 Å². The van der Waals surface area contributed by atoms with Gasteiger partial charge in [0.2, 0.25) is 0 Å². The largest absolute Gasteiger partial charge is 0.323 e. The number of carbonyl (C=O) groups is 1. The number of hydrogen-bond acceptors (Lipinski definition) is 5. The summed E-state index contributed by atoms with van der Waals surface area (Å²) in [4.78, 5) is 21.5. The Morgan fingerprint density at radius 1 is 1.10 bits per heavy atom. The van der Waals surface area contributed by atoms with Gasteiger partial charge in [-0.2, -0.15) is 14.6 Å². The molecule has 7 nitrogen and oxygen atoms in total. The molecule has 0 bridgehead atoms. The second-order valence-corrected chi connectivity index (χ2v) is 7.54. The minimum absolute atomic E-state index is 0.0583. The number of nitrogens with zero attached hydrogens (tertiary/aromatic N) is 4. The van der Waals surface area contributed by atoms with Crippen LogP contribution in [-0.2, 0) is 0 Å². The highest BCUT2D eigenvalue weighted by molar-refractivity contribution is 7.99. The van der Waals surface area contributed by atoms with E-state index in [0.29, 0.717) is 17.2 Å². The topological polar surface area (TPSA) is 84.2 Å². The van der Waals surface area contributed by atoms with Crippen LogP contribution in [0.25, 0.3) is 5.78 Å². The molecule has 0 fully saturated rings. The van der Waals surface area contributed by atoms with Gasteiger partial charge in [0.1, 0.15) is 17.2 Å². The van der Waals surface area contributed by atoms with Gasteiger partial charge in [0.25, 0.3) is 5.78 Å². The van der Waals surface area contributed by atoms with E-state index in [1.54, 1.807) is 16.6 Å².